The lowest BCUT2D eigenvalue weighted by Gasteiger charge is -2.23. The van der Waals surface area contributed by atoms with Gasteiger partial charge in [0.1, 0.15) is 0 Å². The van der Waals surface area contributed by atoms with Crippen molar-refractivity contribution in [3.63, 3.8) is 0 Å². The highest BCUT2D eigenvalue weighted by atomic mass is 79.9. The Morgan fingerprint density at radius 3 is 3.19 bits per heavy atom. The summed E-state index contributed by atoms with van der Waals surface area (Å²) in [4.78, 5) is 16.5. The summed E-state index contributed by atoms with van der Waals surface area (Å²) >= 11 is 3.45. The molecule has 3 rings (SSSR count). The average molecular weight is 348 g/mol. The van der Waals surface area contributed by atoms with Gasteiger partial charge in [-0.05, 0) is 36.6 Å². The molecule has 1 amide bonds. The number of carbonyl (C=O) groups excluding carboxylic acids is 1. The van der Waals surface area contributed by atoms with Gasteiger partial charge >= 0.3 is 0 Å². The molecule has 1 N–H and O–H groups in total. The van der Waals surface area contributed by atoms with Gasteiger partial charge in [-0.2, -0.15) is 0 Å². The van der Waals surface area contributed by atoms with Crippen LogP contribution in [0.2, 0.25) is 0 Å². The summed E-state index contributed by atoms with van der Waals surface area (Å²) in [5.41, 5.74) is 3.50. The Morgan fingerprint density at radius 1 is 1.52 bits per heavy atom. The van der Waals surface area contributed by atoms with E-state index in [1.165, 1.54) is 5.56 Å². The van der Waals surface area contributed by atoms with Crippen LogP contribution in [-0.4, -0.2) is 15.5 Å². The maximum absolute atomic E-state index is 12.3. The predicted octanol–water partition coefficient (Wildman–Crippen LogP) is 2.83. The van der Waals surface area contributed by atoms with Crippen LogP contribution in [0.15, 0.2) is 35.2 Å². The number of rotatable bonds is 3. The van der Waals surface area contributed by atoms with Gasteiger partial charge < -0.3 is 9.88 Å². The van der Waals surface area contributed by atoms with Gasteiger partial charge in [-0.25, -0.2) is 4.98 Å². The molecule has 1 atom stereocenters. The molecule has 0 unspecified atom stereocenters. The minimum absolute atomic E-state index is 0.0601. The molecular weight excluding hydrogens is 330 g/mol. The highest BCUT2D eigenvalue weighted by molar-refractivity contribution is 9.10. The largest absolute Gasteiger partial charge is 0.352 e. The molecule has 4 nitrogen and oxygen atoms in total. The Morgan fingerprint density at radius 2 is 2.38 bits per heavy atom. The van der Waals surface area contributed by atoms with Crippen molar-refractivity contribution in [1.82, 2.24) is 14.9 Å². The number of nitrogens with one attached hydrogen (secondary N) is 1. The lowest BCUT2D eigenvalue weighted by Crippen LogP contribution is -2.34. The summed E-state index contributed by atoms with van der Waals surface area (Å²) in [6.45, 7) is 3.53. The number of benzene rings is 1. The fraction of sp³-hybridized carbons (Fsp3) is 0.375. The van der Waals surface area contributed by atoms with E-state index >= 15 is 0 Å². The van der Waals surface area contributed by atoms with Crippen LogP contribution in [0.3, 0.4) is 0 Å². The summed E-state index contributed by atoms with van der Waals surface area (Å²) in [6, 6.07) is 6.13. The van der Waals surface area contributed by atoms with Crippen LogP contribution >= 0.6 is 15.9 Å². The van der Waals surface area contributed by atoms with Crippen molar-refractivity contribution in [2.24, 2.45) is 5.92 Å². The van der Waals surface area contributed by atoms with Crippen molar-refractivity contribution in [2.75, 3.05) is 0 Å². The number of carbonyl (C=O) groups is 1. The van der Waals surface area contributed by atoms with Crippen LogP contribution in [-0.2, 0) is 24.3 Å². The predicted molar refractivity (Wildman–Crippen MR) is 84.8 cm³/mol. The van der Waals surface area contributed by atoms with E-state index < -0.39 is 0 Å². The second-order valence-corrected chi connectivity index (χ2v) is 6.47. The van der Waals surface area contributed by atoms with E-state index in [4.69, 9.17) is 0 Å². The lowest BCUT2D eigenvalue weighted by atomic mass is 9.95. The van der Waals surface area contributed by atoms with Crippen molar-refractivity contribution >= 4 is 21.8 Å². The number of fused-ring (bicyclic) bond motifs is 1. The molecule has 21 heavy (non-hydrogen) atoms. The van der Waals surface area contributed by atoms with E-state index in [-0.39, 0.29) is 11.8 Å². The van der Waals surface area contributed by atoms with Crippen molar-refractivity contribution in [3.8, 4) is 0 Å². The average Bonchev–Trinajstić information content (AvgIpc) is 2.93. The molecule has 0 fully saturated rings. The number of amides is 1. The molecule has 5 heteroatoms. The van der Waals surface area contributed by atoms with E-state index in [9.17, 15) is 4.79 Å². The topological polar surface area (TPSA) is 46.9 Å². The Kier molecular flexibility index (Phi) is 4.10. The molecule has 0 bridgehead atoms. The first-order chi connectivity index (χ1) is 10.1. The summed E-state index contributed by atoms with van der Waals surface area (Å²) in [5, 5.41) is 3.07. The summed E-state index contributed by atoms with van der Waals surface area (Å²) in [6.07, 6.45) is 5.37. The first-order valence-electron chi connectivity index (χ1n) is 7.15. The summed E-state index contributed by atoms with van der Waals surface area (Å²) in [7, 11) is 0. The van der Waals surface area contributed by atoms with Crippen LogP contribution < -0.4 is 5.32 Å². The van der Waals surface area contributed by atoms with E-state index in [2.05, 4.69) is 49.9 Å². The van der Waals surface area contributed by atoms with Crippen LogP contribution in [0.4, 0.5) is 0 Å². The van der Waals surface area contributed by atoms with Gasteiger partial charge in [0.05, 0.1) is 6.33 Å². The van der Waals surface area contributed by atoms with Crippen molar-refractivity contribution in [3.05, 3.63) is 52.0 Å². The second-order valence-electron chi connectivity index (χ2n) is 5.56. The Balaban J connectivity index is 1.60. The third kappa shape index (κ3) is 3.18. The minimum atomic E-state index is 0.0601. The van der Waals surface area contributed by atoms with Gasteiger partial charge in [0.2, 0.25) is 5.91 Å². The van der Waals surface area contributed by atoms with Gasteiger partial charge in [-0.15, -0.1) is 0 Å². The molecule has 0 saturated carbocycles. The van der Waals surface area contributed by atoms with E-state index in [1.54, 1.807) is 0 Å². The highest BCUT2D eigenvalue weighted by Crippen LogP contribution is 2.20. The quantitative estimate of drug-likeness (QED) is 0.927. The molecule has 0 saturated heterocycles. The monoisotopic (exact) mass is 347 g/mol. The van der Waals surface area contributed by atoms with Crippen molar-refractivity contribution < 1.29 is 4.79 Å². The fourth-order valence-corrected chi connectivity index (χ4v) is 3.25. The summed E-state index contributed by atoms with van der Waals surface area (Å²) in [5.74, 6) is 0.203. The van der Waals surface area contributed by atoms with Gasteiger partial charge in [0, 0.05) is 41.8 Å². The zero-order valence-corrected chi connectivity index (χ0v) is 13.6. The maximum Gasteiger partial charge on any atom is 0.223 e. The molecule has 2 aromatic rings. The first-order valence-corrected chi connectivity index (χ1v) is 7.94. The molecule has 1 aromatic heterocycles. The molecule has 1 aliphatic heterocycles. The van der Waals surface area contributed by atoms with Gasteiger partial charge in [0.15, 0.2) is 0 Å². The Hall–Kier alpha value is -1.62. The zero-order valence-electron chi connectivity index (χ0n) is 12.0. The zero-order chi connectivity index (χ0) is 14.8. The van der Waals surface area contributed by atoms with Crippen LogP contribution in [0.5, 0.6) is 0 Å². The van der Waals surface area contributed by atoms with Gasteiger partial charge in [-0.3, -0.25) is 4.79 Å². The molecule has 0 aliphatic carbocycles. The number of hydrogen-bond donors (Lipinski definition) is 1. The maximum atomic E-state index is 12.3. The standard InChI is InChI=1S/C16H18BrN3O/c1-11-6-14(17)3-2-13(11)8-19-16(21)12-4-5-20-10-18-9-15(20)7-12/h2-3,6,9-10,12H,4-5,7-8H2,1H3,(H,19,21)/t12-/m1/s1. The smallest absolute Gasteiger partial charge is 0.223 e. The molecule has 110 valence electrons. The SMILES string of the molecule is Cc1cc(Br)ccc1CNC(=O)[C@@H]1CCn2cncc2C1. The third-order valence-corrected chi connectivity index (χ3v) is 4.59. The van der Waals surface area contributed by atoms with Gasteiger partial charge in [-0.1, -0.05) is 22.0 Å². The summed E-state index contributed by atoms with van der Waals surface area (Å²) < 4.78 is 3.19. The van der Waals surface area contributed by atoms with Crippen LogP contribution in [0, 0.1) is 12.8 Å². The first kappa shape index (κ1) is 14.3. The van der Waals surface area contributed by atoms with Crippen LogP contribution in [0.1, 0.15) is 23.2 Å². The molecule has 1 aromatic carbocycles. The molecule has 0 radical (unpaired) electrons. The number of imidazole rings is 1. The van der Waals surface area contributed by atoms with E-state index in [0.29, 0.717) is 6.54 Å². The highest BCUT2D eigenvalue weighted by Gasteiger charge is 2.24. The van der Waals surface area contributed by atoms with E-state index in [1.807, 2.05) is 18.6 Å². The van der Waals surface area contributed by atoms with Crippen molar-refractivity contribution in [1.29, 1.82) is 0 Å². The Labute approximate surface area is 132 Å². The molecular formula is C16H18BrN3O. The second kappa shape index (κ2) is 6.02. The minimum Gasteiger partial charge on any atom is -0.352 e. The number of aromatic nitrogens is 2. The number of halogens is 1. The van der Waals surface area contributed by atoms with Gasteiger partial charge in [0.25, 0.3) is 0 Å². The number of aryl methyl sites for hydroxylation is 2. The van der Waals surface area contributed by atoms with E-state index in [0.717, 1.165) is 35.1 Å². The Bertz CT molecular complexity index is 665. The normalized spacial score (nSPS) is 17.3. The fourth-order valence-electron chi connectivity index (χ4n) is 2.78. The van der Waals surface area contributed by atoms with Crippen LogP contribution in [0.25, 0.3) is 0 Å². The van der Waals surface area contributed by atoms with Crippen molar-refractivity contribution in [2.45, 2.75) is 32.9 Å². The molecule has 1 aliphatic rings. The number of nitrogens with zero attached hydrogens (tertiary/aromatic N) is 2. The lowest BCUT2D eigenvalue weighted by molar-refractivity contribution is -0.125. The molecule has 0 spiro atoms. The molecule has 2 heterocycles. The third-order valence-electron chi connectivity index (χ3n) is 4.10. The number of hydrogen-bond acceptors (Lipinski definition) is 2.